The molecule has 1 saturated carbocycles. The van der Waals surface area contributed by atoms with Crippen LogP contribution in [0.4, 0.5) is 5.69 Å². The molecule has 3 rings (SSSR count). The van der Waals surface area contributed by atoms with Crippen LogP contribution in [0.3, 0.4) is 0 Å². The summed E-state index contributed by atoms with van der Waals surface area (Å²) in [5.41, 5.74) is 1.02. The van der Waals surface area contributed by atoms with Crippen molar-refractivity contribution in [2.75, 3.05) is 10.8 Å². The first-order chi connectivity index (χ1) is 13.9. The zero-order valence-electron chi connectivity index (χ0n) is 15.4. The van der Waals surface area contributed by atoms with Crippen molar-refractivity contribution in [1.82, 2.24) is 0 Å². The molecule has 0 N–H and O–H groups in total. The number of carbonyl (C=O) groups is 2. The Morgan fingerprint density at radius 2 is 1.72 bits per heavy atom. The third kappa shape index (κ3) is 5.37. The molecule has 8 heteroatoms. The molecule has 0 spiro atoms. The van der Waals surface area contributed by atoms with E-state index < -0.39 is 12.1 Å². The molecule has 2 unspecified atom stereocenters. The number of hydrogen-bond acceptors (Lipinski definition) is 3. The molecule has 0 bridgehead atoms. The standard InChI is InChI=1S/C21H19Cl4NO3/c22-11-10-20(27)26(15-7-5-14(23)6-8-15)18-2-1-3-19(18)29-21(28)13-4-9-16(24)17(25)12-13/h4-9,12,18-19H,1-3,10-11H2. The molecule has 1 fully saturated rings. The van der Waals surface area contributed by atoms with Gasteiger partial charge in [-0.15, -0.1) is 11.6 Å². The van der Waals surface area contributed by atoms with Crippen LogP contribution in [0, 0.1) is 0 Å². The van der Waals surface area contributed by atoms with E-state index in [2.05, 4.69) is 0 Å². The molecule has 0 radical (unpaired) electrons. The lowest BCUT2D eigenvalue weighted by Gasteiger charge is -2.33. The fraction of sp³-hybridized carbons (Fsp3) is 0.333. The molecule has 154 valence electrons. The molecule has 0 heterocycles. The van der Waals surface area contributed by atoms with E-state index >= 15 is 0 Å². The average Bonchev–Trinajstić information content (AvgIpc) is 3.13. The third-order valence-corrected chi connectivity index (χ3v) is 6.02. The molecule has 0 saturated heterocycles. The van der Waals surface area contributed by atoms with E-state index in [4.69, 9.17) is 51.1 Å². The van der Waals surface area contributed by atoms with Gasteiger partial charge in [0.1, 0.15) is 6.10 Å². The zero-order valence-corrected chi connectivity index (χ0v) is 18.4. The van der Waals surface area contributed by atoms with E-state index in [-0.39, 0.29) is 29.3 Å². The van der Waals surface area contributed by atoms with Gasteiger partial charge in [-0.1, -0.05) is 34.8 Å². The maximum atomic E-state index is 12.8. The number of benzene rings is 2. The lowest BCUT2D eigenvalue weighted by molar-refractivity contribution is -0.119. The second kappa shape index (κ2) is 10.0. The van der Waals surface area contributed by atoms with E-state index in [9.17, 15) is 9.59 Å². The van der Waals surface area contributed by atoms with Gasteiger partial charge in [0.25, 0.3) is 0 Å². The predicted octanol–water partition coefficient (Wildman–Crippen LogP) is 6.39. The van der Waals surface area contributed by atoms with Gasteiger partial charge in [-0.25, -0.2) is 4.79 Å². The number of carbonyl (C=O) groups excluding carboxylic acids is 2. The van der Waals surface area contributed by atoms with Crippen LogP contribution in [0.25, 0.3) is 0 Å². The summed E-state index contributed by atoms with van der Waals surface area (Å²) in [7, 11) is 0. The number of hydrogen-bond donors (Lipinski definition) is 0. The Morgan fingerprint density at radius 3 is 2.38 bits per heavy atom. The Morgan fingerprint density at radius 1 is 1.00 bits per heavy atom. The number of alkyl halides is 1. The summed E-state index contributed by atoms with van der Waals surface area (Å²) in [6, 6.07) is 11.3. The summed E-state index contributed by atoms with van der Waals surface area (Å²) in [5.74, 6) is -0.408. The molecule has 0 aliphatic heterocycles. The summed E-state index contributed by atoms with van der Waals surface area (Å²) < 4.78 is 5.77. The van der Waals surface area contributed by atoms with Crippen LogP contribution in [0.5, 0.6) is 0 Å². The SMILES string of the molecule is O=C(OC1CCCC1N(C(=O)CCCl)c1ccc(Cl)cc1)c1ccc(Cl)c(Cl)c1. The van der Waals surface area contributed by atoms with Gasteiger partial charge in [0.2, 0.25) is 5.91 Å². The molecule has 4 nitrogen and oxygen atoms in total. The van der Waals surface area contributed by atoms with Crippen molar-refractivity contribution < 1.29 is 14.3 Å². The topological polar surface area (TPSA) is 46.6 Å². The van der Waals surface area contributed by atoms with Crippen molar-refractivity contribution in [1.29, 1.82) is 0 Å². The third-order valence-electron chi connectivity index (χ3n) is 4.84. The lowest BCUT2D eigenvalue weighted by atomic mass is 10.1. The van der Waals surface area contributed by atoms with E-state index in [0.29, 0.717) is 27.7 Å². The van der Waals surface area contributed by atoms with Crippen molar-refractivity contribution in [3.8, 4) is 0 Å². The highest BCUT2D eigenvalue weighted by molar-refractivity contribution is 6.42. The molecule has 1 amide bonds. The number of amides is 1. The van der Waals surface area contributed by atoms with Gasteiger partial charge in [0, 0.05) is 23.0 Å². The van der Waals surface area contributed by atoms with Gasteiger partial charge < -0.3 is 9.64 Å². The summed E-state index contributed by atoms with van der Waals surface area (Å²) in [6.07, 6.45) is 1.97. The minimum atomic E-state index is -0.499. The van der Waals surface area contributed by atoms with Crippen molar-refractivity contribution in [3.63, 3.8) is 0 Å². The van der Waals surface area contributed by atoms with Crippen molar-refractivity contribution in [2.45, 2.75) is 37.8 Å². The first kappa shape index (κ1) is 22.2. The van der Waals surface area contributed by atoms with Gasteiger partial charge in [0.05, 0.1) is 21.7 Å². The highest BCUT2D eigenvalue weighted by Crippen LogP contribution is 2.33. The van der Waals surface area contributed by atoms with Crippen LogP contribution < -0.4 is 4.90 Å². The van der Waals surface area contributed by atoms with Gasteiger partial charge in [-0.2, -0.15) is 0 Å². The molecule has 1 aliphatic carbocycles. The number of anilines is 1. The smallest absolute Gasteiger partial charge is 0.338 e. The highest BCUT2D eigenvalue weighted by atomic mass is 35.5. The van der Waals surface area contributed by atoms with Gasteiger partial charge in [-0.05, 0) is 61.7 Å². The van der Waals surface area contributed by atoms with Crippen LogP contribution in [0.1, 0.15) is 36.0 Å². The Bertz CT molecular complexity index is 888. The maximum absolute atomic E-state index is 12.8. The molecule has 0 aromatic heterocycles. The largest absolute Gasteiger partial charge is 0.457 e. The Kier molecular flexibility index (Phi) is 7.69. The Labute approximate surface area is 189 Å². The predicted molar refractivity (Wildman–Crippen MR) is 118 cm³/mol. The second-order valence-electron chi connectivity index (χ2n) is 6.75. The summed E-state index contributed by atoms with van der Waals surface area (Å²) in [5, 5.41) is 1.22. The molecular formula is C21H19Cl4NO3. The molecule has 1 aliphatic rings. The van der Waals surface area contributed by atoms with Crippen LogP contribution in [0.15, 0.2) is 42.5 Å². The second-order valence-corrected chi connectivity index (χ2v) is 8.38. The molecule has 29 heavy (non-hydrogen) atoms. The normalized spacial score (nSPS) is 18.5. The Balaban J connectivity index is 1.83. The maximum Gasteiger partial charge on any atom is 0.338 e. The number of esters is 1. The van der Waals surface area contributed by atoms with Crippen molar-refractivity contribution in [3.05, 3.63) is 63.1 Å². The van der Waals surface area contributed by atoms with E-state index in [1.54, 1.807) is 41.3 Å². The molecular weight excluding hydrogens is 456 g/mol. The van der Waals surface area contributed by atoms with Crippen molar-refractivity contribution in [2.24, 2.45) is 0 Å². The first-order valence-electron chi connectivity index (χ1n) is 9.20. The fourth-order valence-electron chi connectivity index (χ4n) is 3.49. The summed E-state index contributed by atoms with van der Waals surface area (Å²) in [6.45, 7) is 0. The average molecular weight is 475 g/mol. The van der Waals surface area contributed by atoms with Crippen LogP contribution in [-0.4, -0.2) is 29.9 Å². The monoisotopic (exact) mass is 473 g/mol. The van der Waals surface area contributed by atoms with Crippen LogP contribution in [-0.2, 0) is 9.53 Å². The minimum Gasteiger partial charge on any atom is -0.457 e. The summed E-state index contributed by atoms with van der Waals surface area (Å²) >= 11 is 23.7. The van der Waals surface area contributed by atoms with E-state index in [1.165, 1.54) is 6.07 Å². The quantitative estimate of drug-likeness (QED) is 0.360. The van der Waals surface area contributed by atoms with Crippen LogP contribution >= 0.6 is 46.4 Å². The molecule has 2 aromatic carbocycles. The van der Waals surface area contributed by atoms with E-state index in [1.807, 2.05) is 0 Å². The van der Waals surface area contributed by atoms with Gasteiger partial charge in [-0.3, -0.25) is 4.79 Å². The van der Waals surface area contributed by atoms with Crippen molar-refractivity contribution >= 4 is 64.0 Å². The lowest BCUT2D eigenvalue weighted by Crippen LogP contribution is -2.46. The number of rotatable bonds is 6. The van der Waals surface area contributed by atoms with Crippen LogP contribution in [0.2, 0.25) is 15.1 Å². The van der Waals surface area contributed by atoms with Gasteiger partial charge in [0.15, 0.2) is 0 Å². The minimum absolute atomic E-state index is 0.121. The highest BCUT2D eigenvalue weighted by Gasteiger charge is 2.38. The van der Waals surface area contributed by atoms with Gasteiger partial charge >= 0.3 is 5.97 Å². The molecule has 2 atom stereocenters. The fourth-order valence-corrected chi connectivity index (χ4v) is 4.08. The number of halogens is 4. The first-order valence-corrected chi connectivity index (χ1v) is 10.9. The Hall–Kier alpha value is -1.46. The summed E-state index contributed by atoms with van der Waals surface area (Å²) in [4.78, 5) is 27.2. The molecule has 2 aromatic rings. The number of ether oxygens (including phenoxy) is 1. The van der Waals surface area contributed by atoms with E-state index in [0.717, 1.165) is 12.8 Å². The zero-order chi connectivity index (χ0) is 21.0. The number of nitrogens with zero attached hydrogens (tertiary/aromatic N) is 1.